The van der Waals surface area contributed by atoms with Crippen LogP contribution in [-0.2, 0) is 6.42 Å². The van der Waals surface area contributed by atoms with Gasteiger partial charge in [0.2, 0.25) is 5.95 Å². The summed E-state index contributed by atoms with van der Waals surface area (Å²) in [7, 11) is 0. The molecule has 0 bridgehead atoms. The average molecular weight is 379 g/mol. The van der Waals surface area contributed by atoms with Crippen LogP contribution in [0.2, 0.25) is 0 Å². The SMILES string of the molecule is O=C(O)c1cnc(N2CCc3[nH]cnc3C2c2cc3c(F)cccn3n2)nc1. The highest BCUT2D eigenvalue weighted by Gasteiger charge is 2.34. The van der Waals surface area contributed by atoms with E-state index in [2.05, 4.69) is 25.0 Å². The molecule has 0 spiro atoms. The number of aromatic carboxylic acids is 1. The second-order valence-corrected chi connectivity index (χ2v) is 6.44. The van der Waals surface area contributed by atoms with Gasteiger partial charge in [-0.25, -0.2) is 28.7 Å². The van der Waals surface area contributed by atoms with Gasteiger partial charge in [0.25, 0.3) is 0 Å². The van der Waals surface area contributed by atoms with Crippen molar-refractivity contribution in [3.05, 3.63) is 71.6 Å². The first-order chi connectivity index (χ1) is 13.6. The molecule has 28 heavy (non-hydrogen) atoms. The van der Waals surface area contributed by atoms with Gasteiger partial charge in [0.15, 0.2) is 0 Å². The minimum absolute atomic E-state index is 0.00701. The van der Waals surface area contributed by atoms with Crippen LogP contribution in [0.1, 0.15) is 33.5 Å². The second-order valence-electron chi connectivity index (χ2n) is 6.44. The molecule has 0 fully saturated rings. The number of aromatic nitrogens is 6. The first kappa shape index (κ1) is 16.4. The smallest absolute Gasteiger partial charge is 0.338 e. The molecule has 0 aliphatic carbocycles. The Balaban J connectivity index is 1.63. The Kier molecular flexibility index (Phi) is 3.57. The molecule has 5 rings (SSSR count). The largest absolute Gasteiger partial charge is 0.478 e. The minimum Gasteiger partial charge on any atom is -0.478 e. The van der Waals surface area contributed by atoms with Crippen molar-refractivity contribution in [2.45, 2.75) is 12.5 Å². The predicted molar refractivity (Wildman–Crippen MR) is 95.6 cm³/mol. The number of H-pyrrole nitrogens is 1. The maximum absolute atomic E-state index is 14.2. The molecule has 0 saturated heterocycles. The van der Waals surface area contributed by atoms with Gasteiger partial charge in [-0.15, -0.1) is 0 Å². The van der Waals surface area contributed by atoms with Gasteiger partial charge in [-0.2, -0.15) is 5.10 Å². The summed E-state index contributed by atoms with van der Waals surface area (Å²) in [5.41, 5.74) is 2.71. The number of carbonyl (C=O) groups is 1. The molecule has 4 aromatic rings. The van der Waals surface area contributed by atoms with Gasteiger partial charge in [0.05, 0.1) is 23.3 Å². The highest BCUT2D eigenvalue weighted by Crippen LogP contribution is 2.35. The van der Waals surface area contributed by atoms with E-state index in [1.165, 1.54) is 23.0 Å². The molecule has 1 aliphatic heterocycles. The fraction of sp³-hybridized carbons (Fsp3) is 0.167. The number of fused-ring (bicyclic) bond motifs is 2. The summed E-state index contributed by atoms with van der Waals surface area (Å²) in [6.07, 6.45) is 6.53. The molecule has 140 valence electrons. The third kappa shape index (κ3) is 2.49. The van der Waals surface area contributed by atoms with Crippen molar-refractivity contribution >= 4 is 17.4 Å². The van der Waals surface area contributed by atoms with Crippen LogP contribution in [0.4, 0.5) is 10.3 Å². The van der Waals surface area contributed by atoms with Gasteiger partial charge in [0.1, 0.15) is 17.4 Å². The molecule has 0 radical (unpaired) electrons. The third-order valence-electron chi connectivity index (χ3n) is 4.82. The normalized spacial score (nSPS) is 16.3. The first-order valence-electron chi connectivity index (χ1n) is 8.60. The lowest BCUT2D eigenvalue weighted by atomic mass is 10.00. The van der Waals surface area contributed by atoms with Gasteiger partial charge >= 0.3 is 5.97 Å². The van der Waals surface area contributed by atoms with E-state index in [1.807, 2.05) is 4.90 Å². The number of nitrogens with zero attached hydrogens (tertiary/aromatic N) is 6. The quantitative estimate of drug-likeness (QED) is 0.558. The van der Waals surface area contributed by atoms with Gasteiger partial charge < -0.3 is 15.0 Å². The summed E-state index contributed by atoms with van der Waals surface area (Å²) in [5.74, 6) is -1.10. The molecule has 9 nitrogen and oxygen atoms in total. The Labute approximate surface area is 157 Å². The van der Waals surface area contributed by atoms with Gasteiger partial charge in [0, 0.05) is 37.3 Å². The Morgan fingerprint density at radius 1 is 1.29 bits per heavy atom. The van der Waals surface area contributed by atoms with Gasteiger partial charge in [-0.1, -0.05) is 0 Å². The maximum Gasteiger partial charge on any atom is 0.338 e. The van der Waals surface area contributed by atoms with Crippen molar-refractivity contribution in [1.29, 1.82) is 0 Å². The fourth-order valence-electron chi connectivity index (χ4n) is 3.51. The number of imidazole rings is 1. The summed E-state index contributed by atoms with van der Waals surface area (Å²) < 4.78 is 15.7. The number of hydrogen-bond donors (Lipinski definition) is 2. The number of carboxylic acid groups (broad SMARTS) is 1. The molecular weight excluding hydrogens is 365 g/mol. The number of pyridine rings is 1. The maximum atomic E-state index is 14.2. The Hall–Kier alpha value is -3.82. The molecule has 10 heteroatoms. The molecule has 1 atom stereocenters. The highest BCUT2D eigenvalue weighted by atomic mass is 19.1. The van der Waals surface area contributed by atoms with Crippen LogP contribution in [0.3, 0.4) is 0 Å². The Bertz CT molecular complexity index is 1180. The standard InChI is InChI=1S/C18H14FN7O2/c19-11-2-1-4-26-14(11)6-13(24-26)16-15-12(22-9-23-15)3-5-25(16)18-20-7-10(8-21-18)17(27)28/h1-2,4,6-9,16H,3,5H2,(H,22,23)(H,27,28). The van der Waals surface area contributed by atoms with E-state index in [-0.39, 0.29) is 11.4 Å². The monoisotopic (exact) mass is 379 g/mol. The lowest BCUT2D eigenvalue weighted by Crippen LogP contribution is -2.37. The van der Waals surface area contributed by atoms with Crippen LogP contribution >= 0.6 is 0 Å². The van der Waals surface area contributed by atoms with E-state index < -0.39 is 12.0 Å². The predicted octanol–water partition coefficient (Wildman–Crippen LogP) is 1.84. The number of anilines is 1. The number of rotatable bonds is 3. The van der Waals surface area contributed by atoms with E-state index in [4.69, 9.17) is 5.11 Å². The number of hydrogen-bond acceptors (Lipinski definition) is 6. The molecule has 4 aromatic heterocycles. The number of nitrogens with one attached hydrogen (secondary N) is 1. The number of aromatic amines is 1. The molecule has 1 unspecified atom stereocenters. The number of halogens is 1. The van der Waals surface area contributed by atoms with E-state index in [1.54, 1.807) is 24.7 Å². The zero-order chi connectivity index (χ0) is 19.3. The Morgan fingerprint density at radius 3 is 2.86 bits per heavy atom. The van der Waals surface area contributed by atoms with Crippen molar-refractivity contribution in [1.82, 2.24) is 29.5 Å². The molecule has 5 heterocycles. The van der Waals surface area contributed by atoms with Crippen LogP contribution in [0.5, 0.6) is 0 Å². The van der Waals surface area contributed by atoms with Crippen molar-refractivity contribution in [3.8, 4) is 0 Å². The van der Waals surface area contributed by atoms with Gasteiger partial charge in [-0.05, 0) is 18.2 Å². The average Bonchev–Trinajstić information content (AvgIpc) is 3.34. The van der Waals surface area contributed by atoms with E-state index in [9.17, 15) is 9.18 Å². The van der Waals surface area contributed by atoms with Crippen LogP contribution in [0.25, 0.3) is 5.52 Å². The second kappa shape index (κ2) is 6.12. The van der Waals surface area contributed by atoms with E-state index >= 15 is 0 Å². The zero-order valence-corrected chi connectivity index (χ0v) is 14.4. The Morgan fingerprint density at radius 2 is 2.11 bits per heavy atom. The van der Waals surface area contributed by atoms with E-state index in [0.717, 1.165) is 11.4 Å². The van der Waals surface area contributed by atoms with Crippen LogP contribution in [0.15, 0.2) is 43.1 Å². The summed E-state index contributed by atoms with van der Waals surface area (Å²) in [5, 5.41) is 13.6. The highest BCUT2D eigenvalue weighted by molar-refractivity contribution is 5.86. The third-order valence-corrected chi connectivity index (χ3v) is 4.82. The van der Waals surface area contributed by atoms with Crippen molar-refractivity contribution in [3.63, 3.8) is 0 Å². The number of carboxylic acids is 1. The lowest BCUT2D eigenvalue weighted by molar-refractivity contribution is 0.0696. The summed E-state index contributed by atoms with van der Waals surface area (Å²) in [4.78, 5) is 29.0. The van der Waals surface area contributed by atoms with Gasteiger partial charge in [-0.3, -0.25) is 0 Å². The van der Waals surface area contributed by atoms with Crippen LogP contribution in [-0.4, -0.2) is 47.2 Å². The summed E-state index contributed by atoms with van der Waals surface area (Å²) >= 11 is 0. The zero-order valence-electron chi connectivity index (χ0n) is 14.4. The molecule has 0 saturated carbocycles. The summed E-state index contributed by atoms with van der Waals surface area (Å²) in [6.45, 7) is 0.572. The van der Waals surface area contributed by atoms with E-state index in [0.29, 0.717) is 30.1 Å². The molecule has 1 aliphatic rings. The first-order valence-corrected chi connectivity index (χ1v) is 8.60. The molecule has 0 amide bonds. The van der Waals surface area contributed by atoms with Crippen molar-refractivity contribution in [2.24, 2.45) is 0 Å². The molecule has 2 N–H and O–H groups in total. The van der Waals surface area contributed by atoms with Crippen molar-refractivity contribution < 1.29 is 14.3 Å². The summed E-state index contributed by atoms with van der Waals surface area (Å²) in [6, 6.07) is 4.23. The van der Waals surface area contributed by atoms with Crippen molar-refractivity contribution in [2.75, 3.05) is 11.4 Å². The molecule has 0 aromatic carbocycles. The topological polar surface area (TPSA) is 112 Å². The van der Waals surface area contributed by atoms with Crippen LogP contribution < -0.4 is 4.90 Å². The molecular formula is C18H14FN7O2. The lowest BCUT2D eigenvalue weighted by Gasteiger charge is -2.33. The minimum atomic E-state index is -1.09. The fourth-order valence-corrected chi connectivity index (χ4v) is 3.51. The van der Waals surface area contributed by atoms with Crippen LogP contribution in [0, 0.1) is 5.82 Å².